The Hall–Kier alpha value is -2.88. The van der Waals surface area contributed by atoms with Crippen LogP contribution in [-0.4, -0.2) is 28.9 Å². The van der Waals surface area contributed by atoms with E-state index >= 15 is 0 Å². The predicted molar refractivity (Wildman–Crippen MR) is 110 cm³/mol. The molecule has 138 valence electrons. The summed E-state index contributed by atoms with van der Waals surface area (Å²) in [5.41, 5.74) is 10.1. The lowest BCUT2D eigenvalue weighted by molar-refractivity contribution is -0.133. The fourth-order valence-corrected chi connectivity index (χ4v) is 4.01. The maximum absolute atomic E-state index is 12.9. The molecule has 27 heavy (non-hydrogen) atoms. The summed E-state index contributed by atoms with van der Waals surface area (Å²) in [6.07, 6.45) is 1.81. The Morgan fingerprint density at radius 1 is 1.07 bits per heavy atom. The van der Waals surface area contributed by atoms with Gasteiger partial charge < -0.3 is 10.6 Å². The van der Waals surface area contributed by atoms with Gasteiger partial charge in [0.25, 0.3) is 0 Å². The van der Waals surface area contributed by atoms with Crippen molar-refractivity contribution in [1.29, 1.82) is 0 Å². The van der Waals surface area contributed by atoms with Crippen LogP contribution in [-0.2, 0) is 4.79 Å². The first-order chi connectivity index (χ1) is 13.1. The number of hydrogen-bond donors (Lipinski definition) is 1. The van der Waals surface area contributed by atoms with E-state index in [1.165, 1.54) is 0 Å². The summed E-state index contributed by atoms with van der Waals surface area (Å²) >= 11 is 0. The molecule has 0 aliphatic carbocycles. The van der Waals surface area contributed by atoms with Crippen molar-refractivity contribution in [2.45, 2.75) is 31.6 Å². The molecule has 2 aromatic carbocycles. The van der Waals surface area contributed by atoms with Crippen molar-refractivity contribution < 1.29 is 4.79 Å². The average Bonchev–Trinajstić information content (AvgIpc) is 2.73. The molecule has 1 fully saturated rings. The highest BCUT2D eigenvalue weighted by atomic mass is 16.2. The summed E-state index contributed by atoms with van der Waals surface area (Å²) in [6.45, 7) is 3.51. The van der Waals surface area contributed by atoms with Gasteiger partial charge in [0.2, 0.25) is 5.91 Å². The van der Waals surface area contributed by atoms with Crippen LogP contribution in [0.1, 0.15) is 42.9 Å². The number of likely N-dealkylation sites (tertiary alicyclic amines) is 1. The van der Waals surface area contributed by atoms with Gasteiger partial charge in [-0.1, -0.05) is 48.5 Å². The van der Waals surface area contributed by atoms with E-state index in [0.717, 1.165) is 53.8 Å². The first-order valence-electron chi connectivity index (χ1n) is 9.62. The Kier molecular flexibility index (Phi) is 4.80. The van der Waals surface area contributed by atoms with Gasteiger partial charge in [-0.15, -0.1) is 0 Å². The van der Waals surface area contributed by atoms with Gasteiger partial charge in [-0.3, -0.25) is 9.78 Å². The van der Waals surface area contributed by atoms with Crippen molar-refractivity contribution in [2.75, 3.05) is 18.8 Å². The zero-order valence-corrected chi connectivity index (χ0v) is 15.6. The van der Waals surface area contributed by atoms with Crippen LogP contribution in [0.2, 0.25) is 0 Å². The number of anilines is 1. The number of hydrogen-bond acceptors (Lipinski definition) is 3. The summed E-state index contributed by atoms with van der Waals surface area (Å²) in [4.78, 5) is 19.7. The molecule has 4 nitrogen and oxygen atoms in total. The lowest BCUT2D eigenvalue weighted by atomic mass is 9.90. The maximum atomic E-state index is 12.9. The van der Waals surface area contributed by atoms with E-state index < -0.39 is 0 Å². The summed E-state index contributed by atoms with van der Waals surface area (Å²) in [7, 11) is 0. The highest BCUT2D eigenvalue weighted by molar-refractivity contribution is 5.84. The number of fused-ring (bicyclic) bond motifs is 1. The lowest BCUT2D eigenvalue weighted by Gasteiger charge is -2.34. The minimum absolute atomic E-state index is 0.105. The van der Waals surface area contributed by atoms with Crippen molar-refractivity contribution in [3.8, 4) is 0 Å². The molecule has 0 radical (unpaired) electrons. The predicted octanol–water partition coefficient (Wildman–Crippen LogP) is 4.33. The van der Waals surface area contributed by atoms with Crippen LogP contribution in [0.25, 0.3) is 10.9 Å². The molecule has 1 aromatic heterocycles. The number of nitrogen functional groups attached to an aromatic ring is 1. The minimum Gasteiger partial charge on any atom is -0.397 e. The van der Waals surface area contributed by atoms with Crippen LogP contribution in [0, 0.1) is 0 Å². The van der Waals surface area contributed by atoms with Crippen molar-refractivity contribution in [3.05, 3.63) is 71.9 Å². The van der Waals surface area contributed by atoms with Crippen molar-refractivity contribution in [3.63, 3.8) is 0 Å². The van der Waals surface area contributed by atoms with Crippen LogP contribution >= 0.6 is 0 Å². The molecule has 0 spiro atoms. The Bertz CT molecular complexity index is 946. The third-order valence-electron chi connectivity index (χ3n) is 5.65. The number of benzene rings is 2. The van der Waals surface area contributed by atoms with Gasteiger partial charge in [-0.2, -0.15) is 0 Å². The van der Waals surface area contributed by atoms with E-state index in [-0.39, 0.29) is 11.8 Å². The maximum Gasteiger partial charge on any atom is 0.229 e. The number of nitrogens with zero attached hydrogens (tertiary/aromatic N) is 2. The first kappa shape index (κ1) is 17.5. The van der Waals surface area contributed by atoms with Crippen molar-refractivity contribution >= 4 is 22.5 Å². The normalized spacial score (nSPS) is 16.4. The lowest BCUT2D eigenvalue weighted by Crippen LogP contribution is -2.40. The summed E-state index contributed by atoms with van der Waals surface area (Å²) in [6, 6.07) is 20.1. The van der Waals surface area contributed by atoms with Gasteiger partial charge in [0.1, 0.15) is 0 Å². The van der Waals surface area contributed by atoms with E-state index in [1.54, 1.807) is 0 Å². The number of carbonyl (C=O) groups is 1. The molecule has 2 N–H and O–H groups in total. The Labute approximate surface area is 160 Å². The number of para-hydroxylation sites is 1. The van der Waals surface area contributed by atoms with Crippen LogP contribution in [0.4, 0.5) is 5.69 Å². The Balaban J connectivity index is 1.46. The number of nitrogens with two attached hydrogens (primary N) is 1. The zero-order valence-electron chi connectivity index (χ0n) is 15.6. The van der Waals surface area contributed by atoms with Crippen LogP contribution < -0.4 is 5.73 Å². The van der Waals surface area contributed by atoms with Crippen molar-refractivity contribution in [2.24, 2.45) is 0 Å². The van der Waals surface area contributed by atoms with Gasteiger partial charge in [0, 0.05) is 24.4 Å². The van der Waals surface area contributed by atoms with E-state index in [0.29, 0.717) is 5.92 Å². The molecule has 1 aliphatic rings. The number of pyridine rings is 1. The van der Waals surface area contributed by atoms with E-state index in [1.807, 2.05) is 72.5 Å². The van der Waals surface area contributed by atoms with Crippen LogP contribution in [0.15, 0.2) is 60.7 Å². The molecular formula is C23H25N3O. The van der Waals surface area contributed by atoms with Gasteiger partial charge in [-0.05, 0) is 37.5 Å². The number of rotatable bonds is 3. The number of amides is 1. The number of piperidine rings is 1. The molecule has 0 saturated carbocycles. The quantitative estimate of drug-likeness (QED) is 0.757. The fraction of sp³-hybridized carbons (Fsp3) is 0.304. The molecule has 1 aliphatic heterocycles. The molecule has 0 bridgehead atoms. The second kappa shape index (κ2) is 7.39. The monoisotopic (exact) mass is 359 g/mol. The standard InChI is InChI=1S/C23H25N3O/c1-16(17-7-3-2-4-8-17)23(27)26-13-11-18(12-14-26)22-20(24)15-19-9-5-6-10-21(19)25-22/h2-10,15-16,18H,11-14,24H2,1H3/t16-/m1/s1. The largest absolute Gasteiger partial charge is 0.397 e. The Morgan fingerprint density at radius 2 is 1.74 bits per heavy atom. The second-order valence-electron chi connectivity index (χ2n) is 7.39. The van der Waals surface area contributed by atoms with Gasteiger partial charge in [0.15, 0.2) is 0 Å². The number of carbonyl (C=O) groups excluding carboxylic acids is 1. The van der Waals surface area contributed by atoms with Gasteiger partial charge in [0.05, 0.1) is 22.8 Å². The molecule has 4 rings (SSSR count). The summed E-state index contributed by atoms with van der Waals surface area (Å²) < 4.78 is 0. The molecular weight excluding hydrogens is 334 g/mol. The fourth-order valence-electron chi connectivity index (χ4n) is 4.01. The molecule has 4 heteroatoms. The smallest absolute Gasteiger partial charge is 0.229 e. The minimum atomic E-state index is -0.105. The van der Waals surface area contributed by atoms with Crippen molar-refractivity contribution in [1.82, 2.24) is 9.88 Å². The first-order valence-corrected chi connectivity index (χ1v) is 9.62. The van der Waals surface area contributed by atoms with E-state index in [2.05, 4.69) is 0 Å². The molecule has 1 amide bonds. The van der Waals surface area contributed by atoms with Crippen LogP contribution in [0.5, 0.6) is 0 Å². The molecule has 1 atom stereocenters. The Morgan fingerprint density at radius 3 is 2.48 bits per heavy atom. The second-order valence-corrected chi connectivity index (χ2v) is 7.39. The highest BCUT2D eigenvalue weighted by Crippen LogP contribution is 2.33. The highest BCUT2D eigenvalue weighted by Gasteiger charge is 2.28. The molecule has 0 unspecified atom stereocenters. The van der Waals surface area contributed by atoms with Gasteiger partial charge >= 0.3 is 0 Å². The molecule has 1 saturated heterocycles. The summed E-state index contributed by atoms with van der Waals surface area (Å²) in [5, 5.41) is 1.07. The average molecular weight is 359 g/mol. The zero-order chi connectivity index (χ0) is 18.8. The number of aromatic nitrogens is 1. The van der Waals surface area contributed by atoms with E-state index in [9.17, 15) is 4.79 Å². The summed E-state index contributed by atoms with van der Waals surface area (Å²) in [5.74, 6) is 0.413. The molecule has 2 heterocycles. The SMILES string of the molecule is C[C@@H](C(=O)N1CCC(c2nc3ccccc3cc2N)CC1)c1ccccc1. The topological polar surface area (TPSA) is 59.2 Å². The van der Waals surface area contributed by atoms with Crippen LogP contribution in [0.3, 0.4) is 0 Å². The van der Waals surface area contributed by atoms with Gasteiger partial charge in [-0.25, -0.2) is 0 Å². The van der Waals surface area contributed by atoms with E-state index in [4.69, 9.17) is 10.7 Å². The molecule has 3 aromatic rings. The third-order valence-corrected chi connectivity index (χ3v) is 5.65. The third kappa shape index (κ3) is 3.52.